The third-order valence-electron chi connectivity index (χ3n) is 10.6. The number of anilines is 1. The molecule has 2 saturated carbocycles. The number of amides is 3. The second kappa shape index (κ2) is 17.7. The Morgan fingerprint density at radius 3 is 2.39 bits per heavy atom. The van der Waals surface area contributed by atoms with Gasteiger partial charge in [0.1, 0.15) is 35.2 Å². The number of rotatable bonds is 14. The van der Waals surface area contributed by atoms with E-state index in [1.165, 1.54) is 35.6 Å². The fraction of sp³-hybridized carbons (Fsp3) is 0.425. The summed E-state index contributed by atoms with van der Waals surface area (Å²) >= 11 is 7.72. The van der Waals surface area contributed by atoms with Gasteiger partial charge in [-0.25, -0.2) is 18.4 Å². The zero-order chi connectivity index (χ0) is 40.9. The van der Waals surface area contributed by atoms with Gasteiger partial charge in [0.15, 0.2) is 5.13 Å². The minimum Gasteiger partial charge on any atom is -0.497 e. The molecule has 318 valence electrons. The van der Waals surface area contributed by atoms with E-state index in [4.69, 9.17) is 30.8 Å². The van der Waals surface area contributed by atoms with E-state index in [-0.39, 0.29) is 50.1 Å². The van der Waals surface area contributed by atoms with Crippen molar-refractivity contribution in [3.63, 3.8) is 0 Å². The standard InChI is InChI=1S/C40H45ClN6O8S2.2ClH/c1-7-23-18-40(23,37(50)46-57(51,52)27-13-14-27)45-34(48)31-17-26(55-35-29-16-24(41)10-15-28(29)32(54-6)19-42-35)20-47(31)36(49)33(39(2,3)4)44-38-43-30(21-56-38)22-8-11-25(53-5)12-9-22;;/h7-12,15-16,19,21,23,26-27,31,33H,1,13-14,17-18,20H2,2-6H3,(H,43,44)(H,45,48)(H,46,50);2*1H/t23-,26-,31+,33-,40-;;/m1../s1. The first kappa shape index (κ1) is 45.7. The summed E-state index contributed by atoms with van der Waals surface area (Å²) in [5.41, 5.74) is -0.628. The number of ether oxygens (including phenoxy) is 3. The van der Waals surface area contributed by atoms with Crippen molar-refractivity contribution in [2.45, 2.75) is 75.4 Å². The first-order valence-electron chi connectivity index (χ1n) is 18.5. The van der Waals surface area contributed by atoms with Gasteiger partial charge in [0.2, 0.25) is 27.7 Å². The Bertz CT molecular complexity index is 2340. The number of methoxy groups -OCH3 is 2. The van der Waals surface area contributed by atoms with Crippen molar-refractivity contribution in [1.82, 2.24) is 24.9 Å². The second-order valence-electron chi connectivity index (χ2n) is 15.7. The quantitative estimate of drug-likeness (QED) is 0.119. The van der Waals surface area contributed by atoms with Gasteiger partial charge in [0, 0.05) is 39.1 Å². The molecule has 59 heavy (non-hydrogen) atoms. The molecule has 4 aromatic rings. The molecule has 0 spiro atoms. The first-order valence-corrected chi connectivity index (χ1v) is 21.3. The Kier molecular flexibility index (Phi) is 13.7. The van der Waals surface area contributed by atoms with E-state index in [1.807, 2.05) is 50.4 Å². The van der Waals surface area contributed by atoms with Gasteiger partial charge in [-0.05, 0) is 67.1 Å². The van der Waals surface area contributed by atoms with E-state index in [9.17, 15) is 22.8 Å². The molecule has 0 unspecified atom stereocenters. The molecule has 0 radical (unpaired) electrons. The summed E-state index contributed by atoms with van der Waals surface area (Å²) in [4.78, 5) is 53.6. The number of thiazole rings is 1. The lowest BCUT2D eigenvalue weighted by molar-refractivity contribution is -0.141. The zero-order valence-corrected chi connectivity index (χ0v) is 37.0. The molecule has 2 aliphatic carbocycles. The number of halogens is 3. The summed E-state index contributed by atoms with van der Waals surface area (Å²) in [7, 11) is -0.768. The number of pyridine rings is 1. The maximum Gasteiger partial charge on any atom is 0.259 e. The van der Waals surface area contributed by atoms with Crippen molar-refractivity contribution in [2.24, 2.45) is 11.3 Å². The van der Waals surface area contributed by atoms with Crippen LogP contribution in [0.4, 0.5) is 5.13 Å². The van der Waals surface area contributed by atoms with Crippen molar-refractivity contribution < 1.29 is 37.0 Å². The van der Waals surface area contributed by atoms with Crippen LogP contribution in [0, 0.1) is 11.3 Å². The largest absolute Gasteiger partial charge is 0.497 e. The number of carbonyl (C=O) groups is 3. The van der Waals surface area contributed by atoms with E-state index < -0.39 is 68.1 Å². The number of aromatic nitrogens is 2. The van der Waals surface area contributed by atoms with Gasteiger partial charge >= 0.3 is 0 Å². The van der Waals surface area contributed by atoms with Gasteiger partial charge in [-0.1, -0.05) is 38.4 Å². The van der Waals surface area contributed by atoms with Gasteiger partial charge in [-0.2, -0.15) is 0 Å². The molecule has 2 aromatic heterocycles. The highest BCUT2D eigenvalue weighted by atomic mass is 35.5. The smallest absolute Gasteiger partial charge is 0.259 e. The predicted octanol–water partition coefficient (Wildman–Crippen LogP) is 6.42. The fourth-order valence-electron chi connectivity index (χ4n) is 7.15. The molecule has 1 aliphatic heterocycles. The van der Waals surface area contributed by atoms with Gasteiger partial charge in [0.25, 0.3) is 5.91 Å². The van der Waals surface area contributed by atoms with Crippen molar-refractivity contribution in [3.8, 4) is 28.6 Å². The molecule has 19 heteroatoms. The fourth-order valence-corrected chi connectivity index (χ4v) is 9.43. The molecule has 7 rings (SSSR count). The average Bonchev–Trinajstić information content (AvgIpc) is 4.07. The number of sulfonamides is 1. The molecule has 5 atom stereocenters. The summed E-state index contributed by atoms with van der Waals surface area (Å²) in [5.74, 6) is -0.892. The summed E-state index contributed by atoms with van der Waals surface area (Å²) in [6, 6.07) is 10.8. The van der Waals surface area contributed by atoms with E-state index in [2.05, 4.69) is 26.9 Å². The third-order valence-corrected chi connectivity index (χ3v) is 13.5. The second-order valence-corrected chi connectivity index (χ2v) is 19.0. The molecule has 0 bridgehead atoms. The molecular weight excluding hydrogens is 863 g/mol. The van der Waals surface area contributed by atoms with Crippen LogP contribution in [0.5, 0.6) is 17.4 Å². The number of fused-ring (bicyclic) bond motifs is 1. The van der Waals surface area contributed by atoms with Crippen LogP contribution in [-0.2, 0) is 24.4 Å². The number of carbonyl (C=O) groups excluding carboxylic acids is 3. The predicted molar refractivity (Wildman–Crippen MR) is 233 cm³/mol. The van der Waals surface area contributed by atoms with E-state index in [0.29, 0.717) is 51.0 Å². The van der Waals surface area contributed by atoms with Crippen molar-refractivity contribution in [1.29, 1.82) is 0 Å². The maximum atomic E-state index is 14.9. The molecule has 3 heterocycles. The van der Waals surface area contributed by atoms with Crippen LogP contribution < -0.4 is 29.6 Å². The summed E-state index contributed by atoms with van der Waals surface area (Å²) in [5, 5.41) is 9.69. The van der Waals surface area contributed by atoms with Gasteiger partial charge in [0.05, 0.1) is 37.9 Å². The topological polar surface area (TPSA) is 178 Å². The monoisotopic (exact) mass is 908 g/mol. The van der Waals surface area contributed by atoms with Gasteiger partial charge < -0.3 is 29.7 Å². The van der Waals surface area contributed by atoms with E-state index in [0.717, 1.165) is 5.56 Å². The number of hydrogen-bond acceptors (Lipinski definition) is 12. The van der Waals surface area contributed by atoms with Crippen LogP contribution in [0.15, 0.2) is 66.7 Å². The summed E-state index contributed by atoms with van der Waals surface area (Å²) < 4.78 is 45.0. The lowest BCUT2D eigenvalue weighted by Gasteiger charge is -2.35. The Morgan fingerprint density at radius 1 is 1.07 bits per heavy atom. The van der Waals surface area contributed by atoms with Crippen LogP contribution in [0.1, 0.15) is 46.5 Å². The molecule has 3 amide bonds. The first-order chi connectivity index (χ1) is 27.1. The Balaban J connectivity index is 0.00000331. The minimum atomic E-state index is -3.90. The van der Waals surface area contributed by atoms with Crippen LogP contribution in [0.25, 0.3) is 22.0 Å². The average molecular weight is 910 g/mol. The maximum absolute atomic E-state index is 14.9. The molecule has 3 fully saturated rings. The van der Waals surface area contributed by atoms with E-state index >= 15 is 0 Å². The van der Waals surface area contributed by atoms with Crippen molar-refractivity contribution in [2.75, 3.05) is 26.1 Å². The van der Waals surface area contributed by atoms with Gasteiger partial charge in [-0.3, -0.25) is 19.1 Å². The highest BCUT2D eigenvalue weighted by Crippen LogP contribution is 2.46. The number of nitrogens with one attached hydrogen (secondary N) is 3. The van der Waals surface area contributed by atoms with E-state index in [1.54, 1.807) is 25.3 Å². The number of hydrogen-bond donors (Lipinski definition) is 3. The molecule has 2 aromatic carbocycles. The molecule has 1 saturated heterocycles. The highest BCUT2D eigenvalue weighted by molar-refractivity contribution is 7.91. The number of likely N-dealkylation sites (tertiary alicyclic amines) is 1. The number of benzene rings is 2. The molecule has 14 nitrogen and oxygen atoms in total. The minimum absolute atomic E-state index is 0. The normalized spacial score (nSPS) is 21.6. The van der Waals surface area contributed by atoms with Crippen molar-refractivity contribution >= 4 is 91.4 Å². The highest BCUT2D eigenvalue weighted by Gasteiger charge is 2.62. The SMILES string of the molecule is C=C[C@@H]1C[C@]1(NC(=O)[C@@H]1C[C@@H](Oc2ncc(OC)c3ccc(Cl)cc23)CN1C(=O)[C@@H](Nc1nc(-c2ccc(OC)cc2)cs1)C(C)(C)C)C(=O)NS(=O)(=O)C1CC1.Cl.Cl. The van der Waals surface area contributed by atoms with Crippen LogP contribution in [0.2, 0.25) is 5.02 Å². The zero-order valence-electron chi connectivity index (χ0n) is 33.0. The Labute approximate surface area is 364 Å². The Morgan fingerprint density at radius 2 is 1.78 bits per heavy atom. The summed E-state index contributed by atoms with van der Waals surface area (Å²) in [6.45, 7) is 9.54. The lowest BCUT2D eigenvalue weighted by Crippen LogP contribution is -2.58. The number of nitrogens with zero attached hydrogens (tertiary/aromatic N) is 3. The molecule has 3 aliphatic rings. The Hall–Kier alpha value is -4.35. The van der Waals surface area contributed by atoms with Crippen LogP contribution in [-0.4, -0.2) is 90.7 Å². The molecular formula is C40H47Cl3N6O8S2. The molecule has 3 N–H and O–H groups in total. The van der Waals surface area contributed by atoms with Crippen LogP contribution >= 0.6 is 47.8 Å². The van der Waals surface area contributed by atoms with Gasteiger partial charge in [-0.15, -0.1) is 42.7 Å². The van der Waals surface area contributed by atoms with Crippen LogP contribution in [0.3, 0.4) is 0 Å². The van der Waals surface area contributed by atoms with Crippen molar-refractivity contribution in [3.05, 3.63) is 71.7 Å². The summed E-state index contributed by atoms with van der Waals surface area (Å²) in [6.07, 6.45) is 3.46. The lowest BCUT2D eigenvalue weighted by atomic mass is 9.85. The third kappa shape index (κ3) is 9.51.